The minimum Gasteiger partial charge on any atom is -0.355 e. The number of aromatic nitrogens is 1. The molecule has 0 bridgehead atoms. The van der Waals surface area contributed by atoms with Crippen molar-refractivity contribution in [3.8, 4) is 12.3 Å². The number of rotatable bonds is 4. The first kappa shape index (κ1) is 17.8. The summed E-state index contributed by atoms with van der Waals surface area (Å²) < 4.78 is 0. The number of pyridine rings is 1. The molecule has 2 aliphatic rings. The molecule has 2 saturated heterocycles. The van der Waals surface area contributed by atoms with Gasteiger partial charge in [-0.25, -0.2) is 4.98 Å². The van der Waals surface area contributed by atoms with Crippen LogP contribution in [0.15, 0.2) is 18.3 Å². The second-order valence-electron chi connectivity index (χ2n) is 6.98. The van der Waals surface area contributed by atoms with Crippen molar-refractivity contribution in [1.82, 2.24) is 15.2 Å². The fourth-order valence-corrected chi connectivity index (χ4v) is 3.86. The smallest absolute Gasteiger partial charge is 0.253 e. The molecule has 0 spiro atoms. The standard InChI is InChI=1S/C20H28N4O/c1-2-11-21-20(25)17-9-10-19(22-15-17)24-14-7-8-18(16-24)23-12-5-3-4-6-13-23/h1,9-10,15,18H,3-8,11-14,16H2,(H,21,25). The average molecular weight is 340 g/mol. The molecular formula is C20H28N4O. The molecule has 1 atom stereocenters. The van der Waals surface area contributed by atoms with Crippen LogP contribution in [-0.4, -0.2) is 54.6 Å². The molecule has 0 aromatic carbocycles. The summed E-state index contributed by atoms with van der Waals surface area (Å²) in [6, 6.07) is 4.42. The summed E-state index contributed by atoms with van der Waals surface area (Å²) in [4.78, 5) is 21.5. The topological polar surface area (TPSA) is 48.5 Å². The van der Waals surface area contributed by atoms with Crippen LogP contribution in [0.3, 0.4) is 0 Å². The lowest BCUT2D eigenvalue weighted by molar-refractivity contribution is 0.0958. The minimum atomic E-state index is -0.168. The zero-order chi connectivity index (χ0) is 17.5. The highest BCUT2D eigenvalue weighted by atomic mass is 16.1. The van der Waals surface area contributed by atoms with Crippen LogP contribution >= 0.6 is 0 Å². The first-order chi connectivity index (χ1) is 12.3. The highest BCUT2D eigenvalue weighted by Crippen LogP contribution is 2.23. The van der Waals surface area contributed by atoms with E-state index >= 15 is 0 Å². The maximum atomic E-state index is 11.9. The number of likely N-dealkylation sites (tertiary alicyclic amines) is 1. The van der Waals surface area contributed by atoms with E-state index < -0.39 is 0 Å². The molecule has 5 heteroatoms. The van der Waals surface area contributed by atoms with E-state index in [4.69, 9.17) is 6.42 Å². The third-order valence-corrected chi connectivity index (χ3v) is 5.24. The Bertz CT molecular complexity index is 599. The van der Waals surface area contributed by atoms with Gasteiger partial charge < -0.3 is 10.2 Å². The normalized spacial score (nSPS) is 22.0. The molecular weight excluding hydrogens is 312 g/mol. The Morgan fingerprint density at radius 1 is 1.20 bits per heavy atom. The quantitative estimate of drug-likeness (QED) is 0.855. The average Bonchev–Trinajstić information content (AvgIpc) is 2.96. The van der Waals surface area contributed by atoms with Gasteiger partial charge in [-0.05, 0) is 50.9 Å². The van der Waals surface area contributed by atoms with Crippen LogP contribution in [0.1, 0.15) is 48.9 Å². The third kappa shape index (κ3) is 4.73. The fraction of sp³-hybridized carbons (Fsp3) is 0.600. The van der Waals surface area contributed by atoms with Gasteiger partial charge in [-0.2, -0.15) is 0 Å². The largest absolute Gasteiger partial charge is 0.355 e. The Labute approximate surface area is 150 Å². The molecule has 1 N–H and O–H groups in total. The summed E-state index contributed by atoms with van der Waals surface area (Å²) in [7, 11) is 0. The molecule has 5 nitrogen and oxygen atoms in total. The first-order valence-corrected chi connectivity index (χ1v) is 9.44. The number of piperidine rings is 1. The van der Waals surface area contributed by atoms with E-state index in [0.717, 1.165) is 18.9 Å². The van der Waals surface area contributed by atoms with E-state index in [1.807, 2.05) is 12.1 Å². The van der Waals surface area contributed by atoms with E-state index in [1.165, 1.54) is 51.6 Å². The summed E-state index contributed by atoms with van der Waals surface area (Å²) in [5, 5.41) is 2.67. The van der Waals surface area contributed by atoms with Gasteiger partial charge in [0.15, 0.2) is 0 Å². The van der Waals surface area contributed by atoms with Crippen LogP contribution in [0.5, 0.6) is 0 Å². The van der Waals surface area contributed by atoms with Gasteiger partial charge >= 0.3 is 0 Å². The molecule has 1 amide bonds. The van der Waals surface area contributed by atoms with Crippen molar-refractivity contribution in [3.05, 3.63) is 23.9 Å². The number of nitrogens with zero attached hydrogens (tertiary/aromatic N) is 3. The van der Waals surface area contributed by atoms with Gasteiger partial charge in [0.2, 0.25) is 0 Å². The Kier molecular flexibility index (Phi) is 6.30. The molecule has 0 saturated carbocycles. The summed E-state index contributed by atoms with van der Waals surface area (Å²) in [5.74, 6) is 3.20. The maximum absolute atomic E-state index is 11.9. The second-order valence-corrected chi connectivity index (χ2v) is 6.98. The van der Waals surface area contributed by atoms with Gasteiger partial charge in [0, 0.05) is 25.3 Å². The van der Waals surface area contributed by atoms with E-state index in [-0.39, 0.29) is 12.5 Å². The van der Waals surface area contributed by atoms with Gasteiger partial charge in [0.1, 0.15) is 5.82 Å². The molecule has 3 rings (SSSR count). The number of amides is 1. The van der Waals surface area contributed by atoms with E-state index in [1.54, 1.807) is 6.20 Å². The molecule has 1 aromatic rings. The van der Waals surface area contributed by atoms with Crippen molar-refractivity contribution in [2.45, 2.75) is 44.6 Å². The molecule has 134 valence electrons. The van der Waals surface area contributed by atoms with Crippen LogP contribution in [0.2, 0.25) is 0 Å². The Hall–Kier alpha value is -2.06. The molecule has 3 heterocycles. The van der Waals surface area contributed by atoms with Crippen molar-refractivity contribution in [3.63, 3.8) is 0 Å². The number of anilines is 1. The molecule has 2 fully saturated rings. The predicted octanol–water partition coefficient (Wildman–Crippen LogP) is 2.29. The summed E-state index contributed by atoms with van der Waals surface area (Å²) in [6.07, 6.45) is 14.7. The van der Waals surface area contributed by atoms with Crippen molar-refractivity contribution >= 4 is 11.7 Å². The molecule has 0 radical (unpaired) electrons. The van der Waals surface area contributed by atoms with Crippen molar-refractivity contribution < 1.29 is 4.79 Å². The minimum absolute atomic E-state index is 0.168. The first-order valence-electron chi connectivity index (χ1n) is 9.44. The molecule has 1 aromatic heterocycles. The summed E-state index contributed by atoms with van der Waals surface area (Å²) in [6.45, 7) is 4.79. The van der Waals surface area contributed by atoms with Gasteiger partial charge in [0.05, 0.1) is 12.1 Å². The van der Waals surface area contributed by atoms with Crippen LogP contribution < -0.4 is 10.2 Å². The lowest BCUT2D eigenvalue weighted by Gasteiger charge is -2.39. The summed E-state index contributed by atoms with van der Waals surface area (Å²) in [5.41, 5.74) is 0.556. The number of terminal acetylenes is 1. The third-order valence-electron chi connectivity index (χ3n) is 5.24. The second kappa shape index (κ2) is 8.87. The van der Waals surface area contributed by atoms with Crippen molar-refractivity contribution in [2.24, 2.45) is 0 Å². The Balaban J connectivity index is 1.61. The van der Waals surface area contributed by atoms with Gasteiger partial charge in [-0.3, -0.25) is 9.69 Å². The lowest BCUT2D eigenvalue weighted by atomic mass is 10.0. The van der Waals surface area contributed by atoms with Gasteiger partial charge in [-0.15, -0.1) is 6.42 Å². The number of nitrogens with one attached hydrogen (secondary N) is 1. The van der Waals surface area contributed by atoms with Gasteiger partial charge in [-0.1, -0.05) is 18.8 Å². The SMILES string of the molecule is C#CCNC(=O)c1ccc(N2CCCC(N3CCCCCC3)C2)nc1. The van der Waals surface area contributed by atoms with E-state index in [9.17, 15) is 4.79 Å². The Morgan fingerprint density at radius 2 is 2.00 bits per heavy atom. The lowest BCUT2D eigenvalue weighted by Crippen LogP contribution is -2.48. The Morgan fingerprint density at radius 3 is 2.68 bits per heavy atom. The monoisotopic (exact) mass is 340 g/mol. The fourth-order valence-electron chi connectivity index (χ4n) is 3.86. The zero-order valence-electron chi connectivity index (χ0n) is 14.9. The molecule has 1 unspecified atom stereocenters. The summed E-state index contributed by atoms with van der Waals surface area (Å²) >= 11 is 0. The predicted molar refractivity (Wildman–Crippen MR) is 101 cm³/mol. The van der Waals surface area contributed by atoms with Crippen molar-refractivity contribution in [1.29, 1.82) is 0 Å². The number of hydrogen-bond donors (Lipinski definition) is 1. The molecule has 25 heavy (non-hydrogen) atoms. The van der Waals surface area contributed by atoms with Gasteiger partial charge in [0.25, 0.3) is 5.91 Å². The number of carbonyl (C=O) groups excluding carboxylic acids is 1. The maximum Gasteiger partial charge on any atom is 0.253 e. The van der Waals surface area contributed by atoms with Crippen LogP contribution in [0.25, 0.3) is 0 Å². The van der Waals surface area contributed by atoms with Crippen LogP contribution in [-0.2, 0) is 0 Å². The van der Waals surface area contributed by atoms with E-state index in [2.05, 4.69) is 26.0 Å². The number of carbonyl (C=O) groups is 1. The van der Waals surface area contributed by atoms with Crippen molar-refractivity contribution in [2.75, 3.05) is 37.6 Å². The number of hydrogen-bond acceptors (Lipinski definition) is 4. The highest BCUT2D eigenvalue weighted by Gasteiger charge is 2.26. The van der Waals surface area contributed by atoms with Crippen LogP contribution in [0, 0.1) is 12.3 Å². The molecule has 2 aliphatic heterocycles. The molecule has 0 aliphatic carbocycles. The highest BCUT2D eigenvalue weighted by molar-refractivity contribution is 5.94. The van der Waals surface area contributed by atoms with Crippen LogP contribution in [0.4, 0.5) is 5.82 Å². The van der Waals surface area contributed by atoms with E-state index in [0.29, 0.717) is 11.6 Å². The zero-order valence-corrected chi connectivity index (χ0v) is 14.9.